The lowest BCUT2D eigenvalue weighted by atomic mass is 10.0. The van der Waals surface area contributed by atoms with E-state index in [1.165, 1.54) is 0 Å². The molecule has 1 N–H and O–H groups in total. The summed E-state index contributed by atoms with van der Waals surface area (Å²) in [7, 11) is 4.04. The number of nitrogens with zero attached hydrogens (tertiary/aromatic N) is 5. The Morgan fingerprint density at radius 2 is 2.26 bits per heavy atom. The van der Waals surface area contributed by atoms with Crippen molar-refractivity contribution in [3.05, 3.63) is 42.0 Å². The third-order valence-electron chi connectivity index (χ3n) is 4.17. The van der Waals surface area contributed by atoms with E-state index in [9.17, 15) is 0 Å². The van der Waals surface area contributed by atoms with Gasteiger partial charge in [0.1, 0.15) is 6.07 Å². The second-order valence-electron chi connectivity index (χ2n) is 5.61. The van der Waals surface area contributed by atoms with Gasteiger partial charge in [0, 0.05) is 32.5 Å². The Morgan fingerprint density at radius 3 is 3.00 bits per heavy atom. The summed E-state index contributed by atoms with van der Waals surface area (Å²) in [6.45, 7) is 2.17. The summed E-state index contributed by atoms with van der Waals surface area (Å²) in [4.78, 5) is 6.35. The average Bonchev–Trinajstić information content (AvgIpc) is 2.99. The van der Waals surface area contributed by atoms with E-state index in [0.29, 0.717) is 18.8 Å². The average molecular weight is 312 g/mol. The number of morpholine rings is 1. The molecule has 23 heavy (non-hydrogen) atoms. The highest BCUT2D eigenvalue weighted by Gasteiger charge is 2.33. The van der Waals surface area contributed by atoms with E-state index in [1.807, 2.05) is 29.9 Å². The van der Waals surface area contributed by atoms with Crippen LogP contribution in [0.4, 0.5) is 5.69 Å². The van der Waals surface area contributed by atoms with Crippen LogP contribution in [0.5, 0.6) is 0 Å². The van der Waals surface area contributed by atoms with Crippen molar-refractivity contribution < 1.29 is 4.74 Å². The minimum atomic E-state index is -0.0316. The summed E-state index contributed by atoms with van der Waals surface area (Å²) >= 11 is 0. The molecule has 2 atom stereocenters. The highest BCUT2D eigenvalue weighted by molar-refractivity contribution is 5.53. The minimum absolute atomic E-state index is 0.0316. The number of nitrogens with one attached hydrogen (secondary N) is 1. The number of nitriles is 1. The predicted molar refractivity (Wildman–Crippen MR) is 85.8 cm³/mol. The van der Waals surface area contributed by atoms with Crippen LogP contribution in [0.1, 0.15) is 17.4 Å². The number of hydrogen-bond donors (Lipinski definition) is 1. The van der Waals surface area contributed by atoms with Crippen molar-refractivity contribution in [1.82, 2.24) is 19.7 Å². The Bertz CT molecular complexity index is 707. The number of likely N-dealkylation sites (N-methyl/N-ethyl adjacent to an activating group) is 1. The number of anilines is 1. The molecule has 1 fully saturated rings. The van der Waals surface area contributed by atoms with Crippen LogP contribution in [-0.2, 0) is 11.8 Å². The lowest BCUT2D eigenvalue weighted by Crippen LogP contribution is -2.46. The van der Waals surface area contributed by atoms with Gasteiger partial charge < -0.3 is 10.1 Å². The number of pyridine rings is 1. The van der Waals surface area contributed by atoms with Gasteiger partial charge in [0.2, 0.25) is 0 Å². The minimum Gasteiger partial charge on any atom is -0.380 e. The van der Waals surface area contributed by atoms with Crippen LogP contribution in [-0.4, -0.2) is 52.5 Å². The number of rotatable bonds is 4. The molecule has 3 heterocycles. The van der Waals surface area contributed by atoms with Gasteiger partial charge in [-0.2, -0.15) is 10.4 Å². The Hall–Kier alpha value is -2.43. The molecule has 2 aromatic rings. The Kier molecular flexibility index (Phi) is 4.55. The molecule has 0 aliphatic carbocycles. The first-order chi connectivity index (χ1) is 11.2. The third-order valence-corrected chi connectivity index (χ3v) is 4.17. The monoisotopic (exact) mass is 312 g/mol. The van der Waals surface area contributed by atoms with Gasteiger partial charge in [0.05, 0.1) is 30.1 Å². The molecule has 120 valence electrons. The Morgan fingerprint density at radius 1 is 1.39 bits per heavy atom. The molecular formula is C16H20N6O. The topological polar surface area (TPSA) is 79.0 Å². The van der Waals surface area contributed by atoms with Crippen molar-refractivity contribution in [2.75, 3.05) is 32.1 Å². The number of ether oxygens (including phenoxy) is 1. The van der Waals surface area contributed by atoms with E-state index in [0.717, 1.165) is 17.9 Å². The zero-order chi connectivity index (χ0) is 16.2. The molecule has 1 aliphatic rings. The fourth-order valence-electron chi connectivity index (χ4n) is 2.97. The van der Waals surface area contributed by atoms with E-state index in [-0.39, 0.29) is 12.1 Å². The van der Waals surface area contributed by atoms with Crippen LogP contribution in [0.25, 0.3) is 0 Å². The van der Waals surface area contributed by atoms with Crippen molar-refractivity contribution in [2.45, 2.75) is 12.1 Å². The first-order valence-electron chi connectivity index (χ1n) is 7.59. The van der Waals surface area contributed by atoms with E-state index in [4.69, 9.17) is 10.00 Å². The number of aromatic nitrogens is 3. The smallest absolute Gasteiger partial charge is 0.163 e. The molecule has 1 aliphatic heterocycles. The summed E-state index contributed by atoms with van der Waals surface area (Å²) in [6, 6.07) is 7.91. The number of hydrogen-bond acceptors (Lipinski definition) is 6. The summed E-state index contributed by atoms with van der Waals surface area (Å²) in [5.41, 5.74) is 2.25. The molecule has 0 amide bonds. The Labute approximate surface area is 135 Å². The molecule has 7 nitrogen and oxygen atoms in total. The van der Waals surface area contributed by atoms with E-state index in [2.05, 4.69) is 33.4 Å². The van der Waals surface area contributed by atoms with Gasteiger partial charge >= 0.3 is 0 Å². The van der Waals surface area contributed by atoms with Crippen molar-refractivity contribution in [2.24, 2.45) is 7.05 Å². The zero-order valence-corrected chi connectivity index (χ0v) is 13.3. The molecular weight excluding hydrogens is 292 g/mol. The van der Waals surface area contributed by atoms with Crippen molar-refractivity contribution in [1.29, 1.82) is 5.26 Å². The van der Waals surface area contributed by atoms with Gasteiger partial charge in [-0.3, -0.25) is 9.58 Å². The van der Waals surface area contributed by atoms with Crippen LogP contribution in [0.2, 0.25) is 0 Å². The quantitative estimate of drug-likeness (QED) is 0.913. The lowest BCUT2D eigenvalue weighted by molar-refractivity contribution is -0.0581. The fourth-order valence-corrected chi connectivity index (χ4v) is 2.97. The first kappa shape index (κ1) is 15.5. The largest absolute Gasteiger partial charge is 0.380 e. The van der Waals surface area contributed by atoms with Gasteiger partial charge in [-0.1, -0.05) is 0 Å². The van der Waals surface area contributed by atoms with Gasteiger partial charge in [0.15, 0.2) is 5.69 Å². The SMILES string of the molecule is CN1CCO[C@@H](CNc2cccnc2C#N)[C@@H]1c1ccnn1C. The summed E-state index contributed by atoms with van der Waals surface area (Å²) in [6.07, 6.45) is 3.39. The molecule has 0 bridgehead atoms. The molecule has 0 unspecified atom stereocenters. The van der Waals surface area contributed by atoms with Crippen LogP contribution in [0.3, 0.4) is 0 Å². The van der Waals surface area contributed by atoms with Crippen LogP contribution in [0.15, 0.2) is 30.6 Å². The van der Waals surface area contributed by atoms with Crippen LogP contribution < -0.4 is 5.32 Å². The highest BCUT2D eigenvalue weighted by Crippen LogP contribution is 2.28. The maximum absolute atomic E-state index is 9.13. The second kappa shape index (κ2) is 6.77. The summed E-state index contributed by atoms with van der Waals surface area (Å²) in [5.74, 6) is 0. The van der Waals surface area contributed by atoms with E-state index >= 15 is 0 Å². The molecule has 0 saturated carbocycles. The van der Waals surface area contributed by atoms with E-state index in [1.54, 1.807) is 12.4 Å². The standard InChI is InChI=1S/C16H20N6O/c1-21-8-9-23-15(16(21)14-5-7-20-22(14)2)11-19-12-4-3-6-18-13(12)10-17/h3-7,15-16,19H,8-9,11H2,1-2H3/t15-,16-/m0/s1. The molecule has 1 saturated heterocycles. The predicted octanol–water partition coefficient (Wildman–Crippen LogP) is 1.17. The molecule has 0 radical (unpaired) electrons. The van der Waals surface area contributed by atoms with Crippen LogP contribution in [0, 0.1) is 11.3 Å². The summed E-state index contributed by atoms with van der Waals surface area (Å²) < 4.78 is 7.87. The zero-order valence-electron chi connectivity index (χ0n) is 13.3. The van der Waals surface area contributed by atoms with Crippen molar-refractivity contribution in [3.8, 4) is 6.07 Å². The third kappa shape index (κ3) is 3.18. The van der Waals surface area contributed by atoms with Gasteiger partial charge in [0.25, 0.3) is 0 Å². The molecule has 0 spiro atoms. The van der Waals surface area contributed by atoms with Gasteiger partial charge in [-0.25, -0.2) is 4.98 Å². The lowest BCUT2D eigenvalue weighted by Gasteiger charge is -2.39. The van der Waals surface area contributed by atoms with Crippen LogP contribution >= 0.6 is 0 Å². The van der Waals surface area contributed by atoms with Gasteiger partial charge in [-0.15, -0.1) is 0 Å². The maximum atomic E-state index is 9.13. The Balaban J connectivity index is 1.77. The van der Waals surface area contributed by atoms with Gasteiger partial charge in [-0.05, 0) is 25.2 Å². The second-order valence-corrected chi connectivity index (χ2v) is 5.61. The van der Waals surface area contributed by atoms with E-state index < -0.39 is 0 Å². The maximum Gasteiger partial charge on any atom is 0.163 e. The van der Waals surface area contributed by atoms with Crippen molar-refractivity contribution >= 4 is 5.69 Å². The fraction of sp³-hybridized carbons (Fsp3) is 0.438. The highest BCUT2D eigenvalue weighted by atomic mass is 16.5. The normalized spacial score (nSPS) is 21.8. The summed E-state index contributed by atoms with van der Waals surface area (Å²) in [5, 5.41) is 16.7. The first-order valence-corrected chi connectivity index (χ1v) is 7.59. The molecule has 3 rings (SSSR count). The molecule has 7 heteroatoms. The molecule has 2 aromatic heterocycles. The van der Waals surface area contributed by atoms with Crippen molar-refractivity contribution in [3.63, 3.8) is 0 Å². The number of aryl methyl sites for hydroxylation is 1. The molecule has 0 aromatic carbocycles.